The summed E-state index contributed by atoms with van der Waals surface area (Å²) < 4.78 is 0. The molecule has 1 nitrogen and oxygen atoms in total. The fourth-order valence-electron chi connectivity index (χ4n) is 0.942. The van der Waals surface area contributed by atoms with Gasteiger partial charge in [-0.3, -0.25) is 0 Å². The summed E-state index contributed by atoms with van der Waals surface area (Å²) in [5, 5.41) is 3.36. The van der Waals surface area contributed by atoms with Crippen LogP contribution in [0.5, 0.6) is 0 Å². The first kappa shape index (κ1) is 9.54. The molecule has 1 heteroatoms. The fraction of sp³-hybridized carbons (Fsp3) is 0.778. The summed E-state index contributed by atoms with van der Waals surface area (Å²) in [6, 6.07) is 0. The van der Waals surface area contributed by atoms with Crippen LogP contribution in [0.25, 0.3) is 0 Å². The maximum atomic E-state index is 3.82. The molecule has 0 aromatic rings. The minimum absolute atomic E-state index is 0.256. The lowest BCUT2D eigenvalue weighted by molar-refractivity contribution is 0.364. The Morgan fingerprint density at radius 2 is 1.80 bits per heavy atom. The second-order valence-corrected chi connectivity index (χ2v) is 3.17. The van der Waals surface area contributed by atoms with Crippen molar-refractivity contribution in [1.29, 1.82) is 0 Å². The first-order valence-electron chi connectivity index (χ1n) is 3.97. The molecule has 1 N–H and O–H groups in total. The third-order valence-electron chi connectivity index (χ3n) is 2.08. The van der Waals surface area contributed by atoms with Crippen molar-refractivity contribution in [2.24, 2.45) is 0 Å². The first-order chi connectivity index (χ1) is 4.54. The molecule has 0 heterocycles. The lowest BCUT2D eigenvalue weighted by atomic mass is 9.95. The van der Waals surface area contributed by atoms with E-state index in [0.29, 0.717) is 0 Å². The lowest BCUT2D eigenvalue weighted by Gasteiger charge is -2.29. The molecule has 0 saturated heterocycles. The summed E-state index contributed by atoms with van der Waals surface area (Å²) in [7, 11) is 0. The van der Waals surface area contributed by atoms with Crippen LogP contribution in [0.1, 0.15) is 40.5 Å². The summed E-state index contributed by atoms with van der Waals surface area (Å²) in [6.45, 7) is 12.4. The van der Waals surface area contributed by atoms with Crippen molar-refractivity contribution in [2.45, 2.75) is 46.1 Å². The van der Waals surface area contributed by atoms with E-state index in [1.165, 1.54) is 0 Å². The Bertz CT molecular complexity index is 112. The molecule has 60 valence electrons. The normalized spacial score (nSPS) is 11.2. The van der Waals surface area contributed by atoms with Gasteiger partial charge in [0.15, 0.2) is 0 Å². The van der Waals surface area contributed by atoms with Gasteiger partial charge in [-0.15, -0.1) is 0 Å². The molecule has 0 aromatic heterocycles. The zero-order valence-electron chi connectivity index (χ0n) is 7.62. The Labute approximate surface area is 64.5 Å². The van der Waals surface area contributed by atoms with Gasteiger partial charge in [-0.1, -0.05) is 20.4 Å². The SMILES string of the molecule is C=C(C)NC(C)(CC)CC. The zero-order valence-corrected chi connectivity index (χ0v) is 7.62. The standard InChI is InChI=1S/C9H19N/c1-6-9(5,7-2)10-8(3)4/h10H,3,6-7H2,1-2,4-5H3. The van der Waals surface area contributed by atoms with Gasteiger partial charge in [-0.25, -0.2) is 0 Å². The highest BCUT2D eigenvalue weighted by atomic mass is 15.0. The minimum atomic E-state index is 0.256. The highest BCUT2D eigenvalue weighted by molar-refractivity contribution is 4.94. The average Bonchev–Trinajstić information content (AvgIpc) is 1.87. The van der Waals surface area contributed by atoms with Gasteiger partial charge in [0.05, 0.1) is 0 Å². The molecule has 0 aliphatic heterocycles. The van der Waals surface area contributed by atoms with Crippen molar-refractivity contribution in [3.05, 3.63) is 12.3 Å². The van der Waals surface area contributed by atoms with E-state index in [9.17, 15) is 0 Å². The van der Waals surface area contributed by atoms with E-state index in [2.05, 4.69) is 32.7 Å². The number of hydrogen-bond acceptors (Lipinski definition) is 1. The van der Waals surface area contributed by atoms with Gasteiger partial charge in [0.2, 0.25) is 0 Å². The zero-order chi connectivity index (χ0) is 8.20. The van der Waals surface area contributed by atoms with Crippen molar-refractivity contribution in [1.82, 2.24) is 5.32 Å². The largest absolute Gasteiger partial charge is 0.384 e. The molecule has 10 heavy (non-hydrogen) atoms. The smallest absolute Gasteiger partial charge is 0.0337 e. The van der Waals surface area contributed by atoms with Crippen LogP contribution in [0.2, 0.25) is 0 Å². The van der Waals surface area contributed by atoms with E-state index < -0.39 is 0 Å². The molecule has 0 aliphatic carbocycles. The second kappa shape index (κ2) is 3.65. The third kappa shape index (κ3) is 2.90. The third-order valence-corrected chi connectivity index (χ3v) is 2.08. The highest BCUT2D eigenvalue weighted by Gasteiger charge is 2.17. The van der Waals surface area contributed by atoms with Crippen LogP contribution in [0.15, 0.2) is 12.3 Å². The molecule has 0 radical (unpaired) electrons. The maximum Gasteiger partial charge on any atom is 0.0337 e. The van der Waals surface area contributed by atoms with Crippen LogP contribution in [-0.2, 0) is 0 Å². The molecule has 0 unspecified atom stereocenters. The van der Waals surface area contributed by atoms with Crippen LogP contribution in [-0.4, -0.2) is 5.54 Å². The minimum Gasteiger partial charge on any atom is -0.384 e. The molecule has 0 fully saturated rings. The Morgan fingerprint density at radius 3 is 1.90 bits per heavy atom. The number of hydrogen-bond donors (Lipinski definition) is 1. The van der Waals surface area contributed by atoms with Crippen molar-refractivity contribution >= 4 is 0 Å². The molecule has 0 aromatic carbocycles. The molecule has 0 spiro atoms. The Balaban J connectivity index is 3.92. The summed E-state index contributed by atoms with van der Waals surface area (Å²) in [5.74, 6) is 0. The summed E-state index contributed by atoms with van der Waals surface area (Å²) in [5.41, 5.74) is 1.32. The molecule has 0 saturated carbocycles. The Hall–Kier alpha value is -0.460. The van der Waals surface area contributed by atoms with E-state index in [1.807, 2.05) is 6.92 Å². The predicted molar refractivity (Wildman–Crippen MR) is 46.9 cm³/mol. The van der Waals surface area contributed by atoms with Crippen molar-refractivity contribution in [3.63, 3.8) is 0 Å². The van der Waals surface area contributed by atoms with Crippen LogP contribution in [0, 0.1) is 0 Å². The van der Waals surface area contributed by atoms with Crippen molar-refractivity contribution in [2.75, 3.05) is 0 Å². The molecule has 0 rings (SSSR count). The van der Waals surface area contributed by atoms with E-state index >= 15 is 0 Å². The Kier molecular flexibility index (Phi) is 3.48. The topological polar surface area (TPSA) is 12.0 Å². The van der Waals surface area contributed by atoms with Gasteiger partial charge in [-0.05, 0) is 26.7 Å². The van der Waals surface area contributed by atoms with Crippen LogP contribution < -0.4 is 5.32 Å². The van der Waals surface area contributed by atoms with Crippen molar-refractivity contribution in [3.8, 4) is 0 Å². The van der Waals surface area contributed by atoms with Gasteiger partial charge in [0.25, 0.3) is 0 Å². The van der Waals surface area contributed by atoms with Gasteiger partial charge in [-0.2, -0.15) is 0 Å². The second-order valence-electron chi connectivity index (χ2n) is 3.17. The van der Waals surface area contributed by atoms with Crippen molar-refractivity contribution < 1.29 is 0 Å². The lowest BCUT2D eigenvalue weighted by Crippen LogP contribution is -2.39. The molecule has 0 bridgehead atoms. The summed E-state index contributed by atoms with van der Waals surface area (Å²) in [4.78, 5) is 0. The van der Waals surface area contributed by atoms with Gasteiger partial charge >= 0.3 is 0 Å². The average molecular weight is 141 g/mol. The van der Waals surface area contributed by atoms with Crippen LogP contribution in [0.4, 0.5) is 0 Å². The molecule has 0 amide bonds. The summed E-state index contributed by atoms with van der Waals surface area (Å²) >= 11 is 0. The van der Waals surface area contributed by atoms with Gasteiger partial charge in [0, 0.05) is 11.2 Å². The molecule has 0 aliphatic rings. The number of rotatable bonds is 4. The molecular formula is C9H19N. The number of nitrogens with one attached hydrogen (secondary N) is 1. The predicted octanol–water partition coefficient (Wildman–Crippen LogP) is 2.69. The quantitative estimate of drug-likeness (QED) is 0.634. The first-order valence-corrected chi connectivity index (χ1v) is 3.97. The molecule has 0 atom stereocenters. The highest BCUT2D eigenvalue weighted by Crippen LogP contribution is 2.14. The van der Waals surface area contributed by atoms with E-state index in [4.69, 9.17) is 0 Å². The van der Waals surface area contributed by atoms with E-state index in [-0.39, 0.29) is 5.54 Å². The number of allylic oxidation sites excluding steroid dienone is 1. The van der Waals surface area contributed by atoms with E-state index in [1.54, 1.807) is 0 Å². The monoisotopic (exact) mass is 141 g/mol. The van der Waals surface area contributed by atoms with Crippen LogP contribution in [0.3, 0.4) is 0 Å². The Morgan fingerprint density at radius 1 is 1.40 bits per heavy atom. The van der Waals surface area contributed by atoms with Gasteiger partial charge in [0.1, 0.15) is 0 Å². The fourth-order valence-corrected chi connectivity index (χ4v) is 0.942. The van der Waals surface area contributed by atoms with Crippen LogP contribution >= 0.6 is 0 Å². The van der Waals surface area contributed by atoms with Gasteiger partial charge < -0.3 is 5.32 Å². The maximum absolute atomic E-state index is 3.82. The molecular weight excluding hydrogens is 122 g/mol. The summed E-state index contributed by atoms with van der Waals surface area (Å²) in [6.07, 6.45) is 2.30. The van der Waals surface area contributed by atoms with E-state index in [0.717, 1.165) is 18.5 Å².